The highest BCUT2D eigenvalue weighted by atomic mass is 32.2. The van der Waals surface area contributed by atoms with Crippen LogP contribution in [0.3, 0.4) is 0 Å². The van der Waals surface area contributed by atoms with E-state index in [1.165, 1.54) is 29.9 Å². The van der Waals surface area contributed by atoms with Gasteiger partial charge in [-0.15, -0.1) is 0 Å². The number of nitrogens with one attached hydrogen (secondary N) is 2. The molecule has 1 aliphatic rings. The van der Waals surface area contributed by atoms with Gasteiger partial charge in [-0.3, -0.25) is 9.59 Å². The fourth-order valence-corrected chi connectivity index (χ4v) is 5.11. The molecular weight excluding hydrogens is 436 g/mol. The van der Waals surface area contributed by atoms with E-state index in [1.54, 1.807) is 24.3 Å². The molecule has 32 heavy (non-hydrogen) atoms. The monoisotopic (exact) mass is 458 g/mol. The van der Waals surface area contributed by atoms with Crippen molar-refractivity contribution in [3.8, 4) is 5.75 Å². The minimum atomic E-state index is -3.80. The summed E-state index contributed by atoms with van der Waals surface area (Å²) >= 11 is 0. The summed E-state index contributed by atoms with van der Waals surface area (Å²) in [4.78, 5) is 31.1. The minimum Gasteiger partial charge on any atom is -0.495 e. The molecule has 1 aliphatic heterocycles. The van der Waals surface area contributed by atoms with Crippen molar-refractivity contribution in [1.82, 2.24) is 14.3 Å². The maximum Gasteiger partial charge on any atom is 0.258 e. The molecule has 0 unspecified atom stereocenters. The van der Waals surface area contributed by atoms with Gasteiger partial charge in [0, 0.05) is 18.8 Å². The van der Waals surface area contributed by atoms with E-state index < -0.39 is 10.0 Å². The Morgan fingerprint density at radius 2 is 2.00 bits per heavy atom. The Hall–Kier alpha value is -3.28. The molecule has 0 bridgehead atoms. The molecule has 1 aromatic heterocycles. The molecule has 0 aliphatic carbocycles. The van der Waals surface area contributed by atoms with Crippen LogP contribution in [0.15, 0.2) is 52.4 Å². The molecule has 0 atom stereocenters. The van der Waals surface area contributed by atoms with E-state index in [0.717, 1.165) is 0 Å². The van der Waals surface area contributed by atoms with Crippen molar-refractivity contribution in [2.75, 3.05) is 38.7 Å². The lowest BCUT2D eigenvalue weighted by Gasteiger charge is -2.26. The molecule has 2 heterocycles. The Labute approximate surface area is 184 Å². The number of hydrogen-bond acceptors (Lipinski definition) is 7. The van der Waals surface area contributed by atoms with Crippen molar-refractivity contribution in [3.63, 3.8) is 0 Å². The lowest BCUT2D eigenvalue weighted by molar-refractivity contribution is -0.115. The fourth-order valence-electron chi connectivity index (χ4n) is 3.50. The highest BCUT2D eigenvalue weighted by molar-refractivity contribution is 7.89. The van der Waals surface area contributed by atoms with Gasteiger partial charge in [-0.25, -0.2) is 13.4 Å². The van der Waals surface area contributed by atoms with E-state index in [-0.39, 0.29) is 41.6 Å². The molecule has 1 fully saturated rings. The lowest BCUT2D eigenvalue weighted by atomic mass is 10.1. The molecule has 1 saturated heterocycles. The quantitative estimate of drug-likeness (QED) is 0.566. The van der Waals surface area contributed by atoms with E-state index in [0.29, 0.717) is 35.4 Å². The minimum absolute atomic E-state index is 0.00973. The summed E-state index contributed by atoms with van der Waals surface area (Å²) in [5.74, 6) is -0.147. The lowest BCUT2D eigenvalue weighted by Crippen LogP contribution is -2.40. The smallest absolute Gasteiger partial charge is 0.258 e. The van der Waals surface area contributed by atoms with Crippen molar-refractivity contribution >= 4 is 32.5 Å². The highest BCUT2D eigenvalue weighted by Gasteiger charge is 2.29. The Morgan fingerprint density at radius 3 is 2.75 bits per heavy atom. The van der Waals surface area contributed by atoms with Crippen molar-refractivity contribution in [2.45, 2.75) is 11.3 Å². The van der Waals surface area contributed by atoms with Crippen molar-refractivity contribution < 1.29 is 22.7 Å². The average Bonchev–Trinajstić information content (AvgIpc) is 2.80. The summed E-state index contributed by atoms with van der Waals surface area (Å²) in [7, 11) is -2.40. The third kappa shape index (κ3) is 4.49. The molecule has 4 rings (SSSR count). The number of aromatic amines is 1. The van der Waals surface area contributed by atoms with Crippen LogP contribution >= 0.6 is 0 Å². The number of fused-ring (bicyclic) bond motifs is 1. The Bertz CT molecular complexity index is 1320. The number of anilines is 1. The number of aromatic nitrogens is 2. The normalized spacial score (nSPS) is 14.9. The first-order valence-electron chi connectivity index (χ1n) is 9.90. The molecular formula is C21H22N4O6S. The predicted molar refractivity (Wildman–Crippen MR) is 117 cm³/mol. The van der Waals surface area contributed by atoms with Crippen LogP contribution in [0.25, 0.3) is 10.9 Å². The van der Waals surface area contributed by atoms with E-state index >= 15 is 0 Å². The Kier molecular flexibility index (Phi) is 6.21. The van der Waals surface area contributed by atoms with Gasteiger partial charge in [0.1, 0.15) is 10.6 Å². The van der Waals surface area contributed by atoms with Crippen LogP contribution < -0.4 is 15.6 Å². The first-order chi connectivity index (χ1) is 15.4. The van der Waals surface area contributed by atoms with Gasteiger partial charge in [0.05, 0.1) is 44.0 Å². The molecule has 2 aromatic carbocycles. The van der Waals surface area contributed by atoms with E-state index in [9.17, 15) is 18.0 Å². The number of ether oxygens (including phenoxy) is 2. The predicted octanol–water partition coefficient (Wildman–Crippen LogP) is 1.13. The molecule has 168 valence electrons. The number of amides is 1. The van der Waals surface area contributed by atoms with Gasteiger partial charge >= 0.3 is 0 Å². The zero-order valence-corrected chi connectivity index (χ0v) is 18.1. The summed E-state index contributed by atoms with van der Waals surface area (Å²) in [6.07, 6.45) is 1.26. The molecule has 11 heteroatoms. The van der Waals surface area contributed by atoms with E-state index in [2.05, 4.69) is 15.3 Å². The topological polar surface area (TPSA) is 131 Å². The maximum absolute atomic E-state index is 13.1. The van der Waals surface area contributed by atoms with E-state index in [1.807, 2.05) is 0 Å². The zero-order chi connectivity index (χ0) is 22.7. The second-order valence-electron chi connectivity index (χ2n) is 7.19. The third-order valence-electron chi connectivity index (χ3n) is 5.10. The first-order valence-corrected chi connectivity index (χ1v) is 11.3. The molecule has 2 N–H and O–H groups in total. The Balaban J connectivity index is 1.55. The van der Waals surface area contributed by atoms with Crippen LogP contribution in [0, 0.1) is 0 Å². The van der Waals surface area contributed by atoms with Crippen LogP contribution in [0.2, 0.25) is 0 Å². The van der Waals surface area contributed by atoms with Crippen molar-refractivity contribution in [1.29, 1.82) is 0 Å². The van der Waals surface area contributed by atoms with Gasteiger partial charge < -0.3 is 19.8 Å². The first kappa shape index (κ1) is 21.9. The SMILES string of the molecule is COc1ccc(CC(=O)Nc2ccc3nc[nH]c(=O)c3c2)cc1S(=O)(=O)N1CCOCC1. The van der Waals surface area contributed by atoms with Crippen LogP contribution in [0.5, 0.6) is 5.75 Å². The number of carbonyl (C=O) groups excluding carboxylic acids is 1. The molecule has 0 saturated carbocycles. The second kappa shape index (κ2) is 9.07. The standard InChI is InChI=1S/C21H22N4O6S/c1-30-18-5-2-14(10-19(18)32(28,29)25-6-8-31-9-7-25)11-20(26)24-15-3-4-17-16(12-15)21(27)23-13-22-17/h2-5,10,12-13H,6-9,11H2,1H3,(H,24,26)(H,22,23,27). The van der Waals surface area contributed by atoms with Gasteiger partial charge in [-0.05, 0) is 35.9 Å². The summed E-state index contributed by atoms with van der Waals surface area (Å²) in [6, 6.07) is 9.47. The number of sulfonamides is 1. The Morgan fingerprint density at radius 1 is 1.22 bits per heavy atom. The average molecular weight is 458 g/mol. The number of rotatable bonds is 6. The number of benzene rings is 2. The van der Waals surface area contributed by atoms with Crippen LogP contribution in [-0.4, -0.2) is 62.0 Å². The highest BCUT2D eigenvalue weighted by Crippen LogP contribution is 2.28. The van der Waals surface area contributed by atoms with Gasteiger partial charge in [-0.2, -0.15) is 4.31 Å². The largest absolute Gasteiger partial charge is 0.495 e. The van der Waals surface area contributed by atoms with Crippen LogP contribution in [0.1, 0.15) is 5.56 Å². The fraction of sp³-hybridized carbons (Fsp3) is 0.286. The molecule has 3 aromatic rings. The maximum atomic E-state index is 13.1. The number of morpholine rings is 1. The van der Waals surface area contributed by atoms with Crippen molar-refractivity contribution in [3.05, 3.63) is 58.6 Å². The van der Waals surface area contributed by atoms with Crippen LogP contribution in [0.4, 0.5) is 5.69 Å². The molecule has 10 nitrogen and oxygen atoms in total. The van der Waals surface area contributed by atoms with Crippen LogP contribution in [-0.2, 0) is 26.0 Å². The number of hydrogen-bond donors (Lipinski definition) is 2. The van der Waals surface area contributed by atoms with Crippen molar-refractivity contribution in [2.24, 2.45) is 0 Å². The number of carbonyl (C=O) groups is 1. The second-order valence-corrected chi connectivity index (χ2v) is 9.10. The summed E-state index contributed by atoms with van der Waals surface area (Å²) in [5, 5.41) is 3.09. The molecule has 0 radical (unpaired) electrons. The number of H-pyrrole nitrogens is 1. The zero-order valence-electron chi connectivity index (χ0n) is 17.3. The molecule has 1 amide bonds. The van der Waals surface area contributed by atoms with Gasteiger partial charge in [0.25, 0.3) is 5.56 Å². The summed E-state index contributed by atoms with van der Waals surface area (Å²) < 4.78 is 38.0. The third-order valence-corrected chi connectivity index (χ3v) is 7.02. The van der Waals surface area contributed by atoms with Gasteiger partial charge in [0.15, 0.2) is 0 Å². The molecule has 0 spiro atoms. The van der Waals surface area contributed by atoms with E-state index in [4.69, 9.17) is 9.47 Å². The summed E-state index contributed by atoms with van der Waals surface area (Å²) in [6.45, 7) is 1.17. The van der Waals surface area contributed by atoms with Gasteiger partial charge in [0.2, 0.25) is 15.9 Å². The number of nitrogens with zero attached hydrogens (tertiary/aromatic N) is 2. The van der Waals surface area contributed by atoms with Gasteiger partial charge in [-0.1, -0.05) is 6.07 Å². The number of methoxy groups -OCH3 is 1. The summed E-state index contributed by atoms with van der Waals surface area (Å²) in [5.41, 5.74) is 1.16.